The molecule has 1 fully saturated rings. The number of aromatic nitrogens is 4. The second kappa shape index (κ2) is 6.62. The zero-order valence-electron chi connectivity index (χ0n) is 14.5. The molecule has 0 unspecified atom stereocenters. The van der Waals surface area contributed by atoms with Crippen molar-refractivity contribution in [2.75, 3.05) is 18.0 Å². The summed E-state index contributed by atoms with van der Waals surface area (Å²) in [5.41, 5.74) is 1.99. The van der Waals surface area contributed by atoms with Crippen molar-refractivity contribution in [2.24, 2.45) is 7.05 Å². The van der Waals surface area contributed by atoms with Gasteiger partial charge >= 0.3 is 5.69 Å². The predicted molar refractivity (Wildman–Crippen MR) is 91.3 cm³/mol. The Kier molecular flexibility index (Phi) is 4.55. The molecule has 8 heteroatoms. The molecule has 0 radical (unpaired) electrons. The minimum absolute atomic E-state index is 0.164. The van der Waals surface area contributed by atoms with Crippen LogP contribution in [0.1, 0.15) is 43.9 Å². The SMILES string of the molecule is CCc1nn(C)c(N2CCC(c3cnn(CC)c3)CC2)c1[N+](=O)[O-]. The van der Waals surface area contributed by atoms with Crippen LogP contribution in [0.3, 0.4) is 0 Å². The van der Waals surface area contributed by atoms with Crippen LogP contribution in [-0.2, 0) is 20.0 Å². The molecule has 2 aromatic rings. The lowest BCUT2D eigenvalue weighted by molar-refractivity contribution is -0.384. The van der Waals surface area contributed by atoms with E-state index in [1.807, 2.05) is 17.8 Å². The molecule has 0 amide bonds. The highest BCUT2D eigenvalue weighted by atomic mass is 16.6. The molecule has 1 aliphatic rings. The Hall–Kier alpha value is -2.38. The molecular weight excluding hydrogens is 308 g/mol. The van der Waals surface area contributed by atoms with E-state index in [1.54, 1.807) is 11.7 Å². The van der Waals surface area contributed by atoms with Crippen molar-refractivity contribution in [3.63, 3.8) is 0 Å². The number of hydrogen-bond acceptors (Lipinski definition) is 5. The summed E-state index contributed by atoms with van der Waals surface area (Å²) in [4.78, 5) is 13.3. The maximum atomic E-state index is 11.5. The zero-order chi connectivity index (χ0) is 17.3. The highest BCUT2D eigenvalue weighted by molar-refractivity contribution is 5.62. The van der Waals surface area contributed by atoms with Gasteiger partial charge in [0.25, 0.3) is 0 Å². The van der Waals surface area contributed by atoms with E-state index in [0.29, 0.717) is 23.9 Å². The van der Waals surface area contributed by atoms with Crippen molar-refractivity contribution >= 4 is 11.5 Å². The van der Waals surface area contributed by atoms with Gasteiger partial charge in [-0.1, -0.05) is 6.92 Å². The molecule has 0 saturated carbocycles. The van der Waals surface area contributed by atoms with E-state index >= 15 is 0 Å². The third-order valence-corrected chi connectivity index (χ3v) is 4.82. The number of anilines is 1. The molecular formula is C16H24N6O2. The van der Waals surface area contributed by atoms with Crippen molar-refractivity contribution in [3.05, 3.63) is 33.8 Å². The normalized spacial score (nSPS) is 15.9. The second-order valence-electron chi connectivity index (χ2n) is 6.24. The van der Waals surface area contributed by atoms with Crippen molar-refractivity contribution < 1.29 is 4.92 Å². The Morgan fingerprint density at radius 2 is 2.04 bits per heavy atom. The Balaban J connectivity index is 1.77. The van der Waals surface area contributed by atoms with Crippen LogP contribution in [0.5, 0.6) is 0 Å². The smallest absolute Gasteiger partial charge is 0.334 e. The average Bonchev–Trinajstić information content (AvgIpc) is 3.19. The van der Waals surface area contributed by atoms with Crippen LogP contribution in [-0.4, -0.2) is 37.6 Å². The molecule has 0 aliphatic carbocycles. The van der Waals surface area contributed by atoms with E-state index in [1.165, 1.54) is 5.56 Å². The summed E-state index contributed by atoms with van der Waals surface area (Å²) in [5, 5.41) is 20.2. The van der Waals surface area contributed by atoms with E-state index in [4.69, 9.17) is 0 Å². The summed E-state index contributed by atoms with van der Waals surface area (Å²) in [6, 6.07) is 0. The quantitative estimate of drug-likeness (QED) is 0.620. The minimum atomic E-state index is -0.293. The predicted octanol–water partition coefficient (Wildman–Crippen LogP) is 2.49. The monoisotopic (exact) mass is 332 g/mol. The fourth-order valence-electron chi connectivity index (χ4n) is 3.53. The molecule has 0 N–H and O–H groups in total. The first-order chi connectivity index (χ1) is 11.5. The second-order valence-corrected chi connectivity index (χ2v) is 6.24. The zero-order valence-corrected chi connectivity index (χ0v) is 14.5. The Labute approximate surface area is 141 Å². The van der Waals surface area contributed by atoms with E-state index in [2.05, 4.69) is 28.2 Å². The van der Waals surface area contributed by atoms with Crippen LogP contribution in [0, 0.1) is 10.1 Å². The third-order valence-electron chi connectivity index (χ3n) is 4.82. The highest BCUT2D eigenvalue weighted by Gasteiger charge is 2.32. The van der Waals surface area contributed by atoms with Crippen LogP contribution in [0.25, 0.3) is 0 Å². The fraction of sp³-hybridized carbons (Fsp3) is 0.625. The Morgan fingerprint density at radius 1 is 1.33 bits per heavy atom. The van der Waals surface area contributed by atoms with E-state index < -0.39 is 0 Å². The van der Waals surface area contributed by atoms with Crippen LogP contribution >= 0.6 is 0 Å². The van der Waals surface area contributed by atoms with Crippen molar-refractivity contribution in [1.29, 1.82) is 0 Å². The summed E-state index contributed by atoms with van der Waals surface area (Å²) in [6.45, 7) is 6.44. The first kappa shape index (κ1) is 16.5. The molecule has 1 saturated heterocycles. The molecule has 1 aliphatic heterocycles. The third kappa shape index (κ3) is 2.88. The molecule has 3 rings (SSSR count). The standard InChI is InChI=1S/C16H24N6O2/c1-4-14-15(22(23)24)16(19(3)18-14)20-8-6-12(7-9-20)13-10-17-21(5-2)11-13/h10-12H,4-9H2,1-3H3. The van der Waals surface area contributed by atoms with Gasteiger partial charge in [0.1, 0.15) is 5.69 Å². The first-order valence-electron chi connectivity index (χ1n) is 8.52. The van der Waals surface area contributed by atoms with E-state index in [0.717, 1.165) is 32.5 Å². The molecule has 2 aromatic heterocycles. The van der Waals surface area contributed by atoms with Gasteiger partial charge in [0.15, 0.2) is 0 Å². The molecule has 0 atom stereocenters. The van der Waals surface area contributed by atoms with Gasteiger partial charge in [-0.25, -0.2) is 4.68 Å². The molecule has 130 valence electrons. The summed E-state index contributed by atoms with van der Waals surface area (Å²) < 4.78 is 3.60. The molecule has 0 spiro atoms. The van der Waals surface area contributed by atoms with Crippen molar-refractivity contribution in [1.82, 2.24) is 19.6 Å². The number of nitro groups is 1. The first-order valence-corrected chi connectivity index (χ1v) is 8.52. The van der Waals surface area contributed by atoms with Crippen LogP contribution in [0.4, 0.5) is 11.5 Å². The van der Waals surface area contributed by atoms with Gasteiger partial charge in [-0.15, -0.1) is 0 Å². The number of aryl methyl sites for hydroxylation is 3. The molecule has 24 heavy (non-hydrogen) atoms. The molecule has 8 nitrogen and oxygen atoms in total. The van der Waals surface area contributed by atoms with Crippen molar-refractivity contribution in [3.8, 4) is 0 Å². The molecule has 0 aromatic carbocycles. The highest BCUT2D eigenvalue weighted by Crippen LogP contribution is 2.36. The number of hydrogen-bond donors (Lipinski definition) is 0. The Bertz CT molecular complexity index is 727. The Morgan fingerprint density at radius 3 is 2.58 bits per heavy atom. The summed E-state index contributed by atoms with van der Waals surface area (Å²) in [5.74, 6) is 1.11. The van der Waals surface area contributed by atoms with Crippen LogP contribution in [0.15, 0.2) is 12.4 Å². The minimum Gasteiger partial charge on any atom is -0.351 e. The average molecular weight is 332 g/mol. The van der Waals surface area contributed by atoms with Gasteiger partial charge in [0, 0.05) is 32.9 Å². The summed E-state index contributed by atoms with van der Waals surface area (Å²) >= 11 is 0. The van der Waals surface area contributed by atoms with E-state index in [9.17, 15) is 10.1 Å². The van der Waals surface area contributed by atoms with Gasteiger partial charge in [-0.05, 0) is 37.7 Å². The van der Waals surface area contributed by atoms with Crippen LogP contribution in [0.2, 0.25) is 0 Å². The lowest BCUT2D eigenvalue weighted by Gasteiger charge is -2.32. The molecule has 0 bridgehead atoms. The van der Waals surface area contributed by atoms with Gasteiger partial charge < -0.3 is 4.90 Å². The largest absolute Gasteiger partial charge is 0.351 e. The summed E-state index contributed by atoms with van der Waals surface area (Å²) in [6.07, 6.45) is 6.57. The number of rotatable bonds is 5. The van der Waals surface area contributed by atoms with Gasteiger partial charge in [-0.3, -0.25) is 14.8 Å². The summed E-state index contributed by atoms with van der Waals surface area (Å²) in [7, 11) is 1.79. The number of nitrogens with zero attached hydrogens (tertiary/aromatic N) is 6. The topological polar surface area (TPSA) is 82.0 Å². The maximum Gasteiger partial charge on any atom is 0.334 e. The lowest BCUT2D eigenvalue weighted by Crippen LogP contribution is -2.34. The molecule has 3 heterocycles. The lowest BCUT2D eigenvalue weighted by atomic mass is 9.91. The fourth-order valence-corrected chi connectivity index (χ4v) is 3.53. The van der Waals surface area contributed by atoms with Gasteiger partial charge in [0.05, 0.1) is 11.1 Å². The number of piperidine rings is 1. The van der Waals surface area contributed by atoms with Crippen LogP contribution < -0.4 is 4.90 Å². The van der Waals surface area contributed by atoms with E-state index in [-0.39, 0.29) is 10.6 Å². The maximum absolute atomic E-state index is 11.5. The van der Waals surface area contributed by atoms with Crippen molar-refractivity contribution in [2.45, 2.75) is 45.6 Å². The van der Waals surface area contributed by atoms with Gasteiger partial charge in [-0.2, -0.15) is 10.2 Å². The van der Waals surface area contributed by atoms with Gasteiger partial charge in [0.2, 0.25) is 5.82 Å².